The van der Waals surface area contributed by atoms with E-state index in [1.54, 1.807) is 0 Å². The summed E-state index contributed by atoms with van der Waals surface area (Å²) >= 11 is 5.89. The summed E-state index contributed by atoms with van der Waals surface area (Å²) in [5.74, 6) is 0.877. The van der Waals surface area contributed by atoms with E-state index in [2.05, 4.69) is 4.74 Å². The lowest BCUT2D eigenvalue weighted by Crippen LogP contribution is -2.12. The summed E-state index contributed by atoms with van der Waals surface area (Å²) < 4.78 is 10.3. The van der Waals surface area contributed by atoms with Gasteiger partial charge in [0.15, 0.2) is 0 Å². The van der Waals surface area contributed by atoms with E-state index in [9.17, 15) is 4.79 Å². The van der Waals surface area contributed by atoms with Crippen molar-refractivity contribution in [3.05, 3.63) is 22.6 Å². The van der Waals surface area contributed by atoms with Crippen LogP contribution in [0.3, 0.4) is 0 Å². The molecule has 0 aromatic carbocycles. The van der Waals surface area contributed by atoms with Crippen LogP contribution in [0.4, 0.5) is 0 Å². The number of alkyl halides is 1. The Morgan fingerprint density at radius 1 is 1.44 bits per heavy atom. The zero-order chi connectivity index (χ0) is 12.5. The molecule has 1 heterocycles. The van der Waals surface area contributed by atoms with Crippen molar-refractivity contribution in [1.82, 2.24) is 0 Å². The first-order chi connectivity index (χ1) is 7.32. The van der Waals surface area contributed by atoms with E-state index in [4.69, 9.17) is 16.0 Å². The van der Waals surface area contributed by atoms with Crippen LogP contribution in [0.5, 0.6) is 0 Å². The number of furan rings is 1. The van der Waals surface area contributed by atoms with Crippen LogP contribution in [0.15, 0.2) is 4.42 Å². The number of hydrogen-bond acceptors (Lipinski definition) is 3. The molecule has 0 unspecified atom stereocenters. The Bertz CT molecular complexity index is 399. The van der Waals surface area contributed by atoms with Crippen LogP contribution in [0.25, 0.3) is 0 Å². The molecule has 1 aromatic rings. The first-order valence-electron chi connectivity index (χ1n) is 5.10. The molecule has 90 valence electrons. The third-order valence-electron chi connectivity index (χ3n) is 2.46. The Hall–Kier alpha value is -0.960. The second-order valence-corrected chi connectivity index (χ2v) is 5.01. The Kier molecular flexibility index (Phi) is 3.68. The van der Waals surface area contributed by atoms with E-state index >= 15 is 0 Å². The highest BCUT2D eigenvalue weighted by molar-refractivity contribution is 6.17. The number of hydrogen-bond donors (Lipinski definition) is 0. The maximum Gasteiger partial charge on any atom is 0.374 e. The highest BCUT2D eigenvalue weighted by Crippen LogP contribution is 2.33. The van der Waals surface area contributed by atoms with Gasteiger partial charge in [-0.2, -0.15) is 0 Å². The normalized spacial score (nSPS) is 11.6. The van der Waals surface area contributed by atoms with Crippen molar-refractivity contribution >= 4 is 17.6 Å². The van der Waals surface area contributed by atoms with Crippen molar-refractivity contribution in [3.8, 4) is 0 Å². The van der Waals surface area contributed by atoms with Gasteiger partial charge in [-0.05, 0) is 6.92 Å². The van der Waals surface area contributed by atoms with Crippen LogP contribution in [-0.2, 0) is 16.0 Å². The second kappa shape index (κ2) is 4.50. The Balaban J connectivity index is 3.37. The van der Waals surface area contributed by atoms with Crippen molar-refractivity contribution < 1.29 is 13.9 Å². The molecule has 0 aliphatic carbocycles. The monoisotopic (exact) mass is 244 g/mol. The molecule has 0 spiro atoms. The van der Waals surface area contributed by atoms with Gasteiger partial charge < -0.3 is 9.15 Å². The summed E-state index contributed by atoms with van der Waals surface area (Å²) in [7, 11) is 1.33. The molecule has 0 N–H and O–H groups in total. The molecule has 1 aromatic heterocycles. The number of halogens is 1. The van der Waals surface area contributed by atoms with Crippen LogP contribution in [-0.4, -0.2) is 13.1 Å². The number of methoxy groups -OCH3 is 1. The fourth-order valence-corrected chi connectivity index (χ4v) is 1.92. The van der Waals surface area contributed by atoms with Crippen LogP contribution < -0.4 is 0 Å². The van der Waals surface area contributed by atoms with Crippen molar-refractivity contribution in [2.45, 2.75) is 39.0 Å². The third-order valence-corrected chi connectivity index (χ3v) is 2.72. The first kappa shape index (κ1) is 13.1. The molecule has 0 saturated heterocycles. The topological polar surface area (TPSA) is 39.4 Å². The van der Waals surface area contributed by atoms with E-state index in [0.29, 0.717) is 5.88 Å². The van der Waals surface area contributed by atoms with Gasteiger partial charge in [0.1, 0.15) is 5.76 Å². The van der Waals surface area contributed by atoms with Gasteiger partial charge in [-0.3, -0.25) is 0 Å². The molecular weight excluding hydrogens is 228 g/mol. The molecule has 4 heteroatoms. The molecule has 0 bridgehead atoms. The lowest BCUT2D eigenvalue weighted by atomic mass is 9.90. The maximum absolute atomic E-state index is 11.5. The van der Waals surface area contributed by atoms with E-state index in [0.717, 1.165) is 16.9 Å². The van der Waals surface area contributed by atoms with Crippen molar-refractivity contribution in [1.29, 1.82) is 0 Å². The lowest BCUT2D eigenvalue weighted by Gasteiger charge is -2.16. The van der Waals surface area contributed by atoms with Crippen molar-refractivity contribution in [2.24, 2.45) is 0 Å². The summed E-state index contributed by atoms with van der Waals surface area (Å²) in [5.41, 5.74) is 1.47. The summed E-state index contributed by atoms with van der Waals surface area (Å²) in [6, 6.07) is 0. The molecule has 16 heavy (non-hydrogen) atoms. The van der Waals surface area contributed by atoms with Crippen molar-refractivity contribution in [3.63, 3.8) is 0 Å². The van der Waals surface area contributed by atoms with Crippen molar-refractivity contribution in [2.75, 3.05) is 7.11 Å². The highest BCUT2D eigenvalue weighted by Gasteiger charge is 2.28. The van der Waals surface area contributed by atoms with Gasteiger partial charge in [-0.1, -0.05) is 20.8 Å². The number of carbonyl (C=O) groups excluding carboxylic acids is 1. The summed E-state index contributed by atoms with van der Waals surface area (Å²) in [6.45, 7) is 7.87. The fourth-order valence-electron chi connectivity index (χ4n) is 1.60. The van der Waals surface area contributed by atoms with Crippen LogP contribution in [0.1, 0.15) is 48.2 Å². The molecule has 0 fully saturated rings. The third kappa shape index (κ3) is 2.24. The number of carbonyl (C=O) groups is 1. The van der Waals surface area contributed by atoms with Crippen LogP contribution >= 0.6 is 11.6 Å². The van der Waals surface area contributed by atoms with Gasteiger partial charge in [-0.15, -0.1) is 11.6 Å². The fraction of sp³-hybridized carbons (Fsp3) is 0.583. The zero-order valence-electron chi connectivity index (χ0n) is 10.3. The van der Waals surface area contributed by atoms with E-state index in [-0.39, 0.29) is 11.2 Å². The smallest absolute Gasteiger partial charge is 0.374 e. The Morgan fingerprint density at radius 3 is 2.31 bits per heavy atom. The molecule has 0 radical (unpaired) electrons. The van der Waals surface area contributed by atoms with Gasteiger partial charge >= 0.3 is 5.97 Å². The molecule has 0 aliphatic rings. The summed E-state index contributed by atoms with van der Waals surface area (Å²) in [6.07, 6.45) is 0. The molecule has 3 nitrogen and oxygen atoms in total. The lowest BCUT2D eigenvalue weighted by molar-refractivity contribution is 0.0560. The Labute approximate surface area is 101 Å². The van der Waals surface area contributed by atoms with Gasteiger partial charge in [0.25, 0.3) is 0 Å². The van der Waals surface area contributed by atoms with Crippen LogP contribution in [0.2, 0.25) is 0 Å². The predicted octanol–water partition coefficient (Wildman–Crippen LogP) is 3.41. The quantitative estimate of drug-likeness (QED) is 0.591. The number of rotatable bonds is 2. The zero-order valence-corrected chi connectivity index (χ0v) is 11.1. The summed E-state index contributed by atoms with van der Waals surface area (Å²) in [4.78, 5) is 11.5. The number of esters is 1. The van der Waals surface area contributed by atoms with Gasteiger partial charge in [0, 0.05) is 16.5 Å². The number of ether oxygens (including phenoxy) is 1. The van der Waals surface area contributed by atoms with E-state index < -0.39 is 5.97 Å². The summed E-state index contributed by atoms with van der Waals surface area (Å²) in [5, 5.41) is 0. The standard InChI is InChI=1S/C12H17ClO3/c1-7-8(6-13)10(12(2,3)4)16-9(7)11(14)15-5/h6H2,1-5H3. The first-order valence-corrected chi connectivity index (χ1v) is 5.63. The molecule has 1 rings (SSSR count). The second-order valence-electron chi connectivity index (χ2n) is 4.74. The van der Waals surface area contributed by atoms with Gasteiger partial charge in [0.2, 0.25) is 5.76 Å². The minimum atomic E-state index is -0.459. The molecule has 0 aliphatic heterocycles. The minimum absolute atomic E-state index is 0.179. The van der Waals surface area contributed by atoms with Gasteiger partial charge in [0.05, 0.1) is 13.0 Å². The maximum atomic E-state index is 11.5. The van der Waals surface area contributed by atoms with E-state index in [1.807, 2.05) is 27.7 Å². The molecule has 0 amide bonds. The van der Waals surface area contributed by atoms with E-state index in [1.165, 1.54) is 7.11 Å². The molecule has 0 saturated carbocycles. The molecule has 0 atom stereocenters. The molecular formula is C12H17ClO3. The van der Waals surface area contributed by atoms with Gasteiger partial charge in [-0.25, -0.2) is 4.79 Å². The van der Waals surface area contributed by atoms with Crippen LogP contribution in [0, 0.1) is 6.92 Å². The SMILES string of the molecule is COC(=O)c1oc(C(C)(C)C)c(CCl)c1C. The largest absolute Gasteiger partial charge is 0.463 e. The average Bonchev–Trinajstić information content (AvgIpc) is 2.53. The highest BCUT2D eigenvalue weighted by atomic mass is 35.5. The minimum Gasteiger partial charge on any atom is -0.463 e. The predicted molar refractivity (Wildman–Crippen MR) is 63.0 cm³/mol. The Morgan fingerprint density at radius 2 is 2.00 bits per heavy atom. The average molecular weight is 245 g/mol.